The van der Waals surface area contributed by atoms with Gasteiger partial charge in [0.25, 0.3) is 10.0 Å². The van der Waals surface area contributed by atoms with Crippen LogP contribution in [0.2, 0.25) is 5.02 Å². The number of benzene rings is 2. The van der Waals surface area contributed by atoms with Gasteiger partial charge >= 0.3 is 6.18 Å². The molecule has 2 heterocycles. The molecule has 0 amide bonds. The number of fused-ring (bicyclic) bond motifs is 1. The van der Waals surface area contributed by atoms with Crippen LogP contribution in [0.5, 0.6) is 5.75 Å². The number of nitrogens with one attached hydrogen (secondary N) is 1. The van der Waals surface area contributed by atoms with Crippen molar-refractivity contribution in [1.29, 1.82) is 0 Å². The van der Waals surface area contributed by atoms with Gasteiger partial charge in [0.2, 0.25) is 5.13 Å². The third-order valence-electron chi connectivity index (χ3n) is 4.62. The summed E-state index contributed by atoms with van der Waals surface area (Å²) in [6, 6.07) is 7.61. The summed E-state index contributed by atoms with van der Waals surface area (Å²) in [6.45, 7) is 0.266. The fourth-order valence-corrected chi connectivity index (χ4v) is 5.26. The SMILES string of the molecule is O=S(=O)(Nc1nncs1)c1ccc2c(c1)OCCC2c1ccc(C(F)(F)F)cc1Cl. The maximum Gasteiger partial charge on any atom is 0.416 e. The van der Waals surface area contributed by atoms with Crippen molar-refractivity contribution in [2.45, 2.75) is 23.4 Å². The highest BCUT2D eigenvalue weighted by Gasteiger charge is 2.33. The average Bonchev–Trinajstić information content (AvgIpc) is 3.18. The van der Waals surface area contributed by atoms with Crippen molar-refractivity contribution >= 4 is 38.1 Å². The molecule has 0 radical (unpaired) electrons. The first-order chi connectivity index (χ1) is 14.1. The normalized spacial score (nSPS) is 16.6. The number of nitrogens with zero attached hydrogens (tertiary/aromatic N) is 2. The number of sulfonamides is 1. The fraction of sp³-hybridized carbons (Fsp3) is 0.222. The van der Waals surface area contributed by atoms with Crippen molar-refractivity contribution in [2.24, 2.45) is 0 Å². The minimum atomic E-state index is -4.49. The maximum atomic E-state index is 12.9. The molecule has 0 aliphatic carbocycles. The molecule has 0 bridgehead atoms. The molecule has 1 aromatic heterocycles. The van der Waals surface area contributed by atoms with Crippen molar-refractivity contribution in [2.75, 3.05) is 11.3 Å². The van der Waals surface area contributed by atoms with Crippen LogP contribution in [0.15, 0.2) is 46.8 Å². The summed E-state index contributed by atoms with van der Waals surface area (Å²) < 4.78 is 71.9. The van der Waals surface area contributed by atoms with Crippen LogP contribution in [-0.4, -0.2) is 25.2 Å². The van der Waals surface area contributed by atoms with Crippen LogP contribution < -0.4 is 9.46 Å². The largest absolute Gasteiger partial charge is 0.493 e. The summed E-state index contributed by atoms with van der Waals surface area (Å²) >= 11 is 7.20. The van der Waals surface area contributed by atoms with Gasteiger partial charge < -0.3 is 4.74 Å². The Kier molecular flexibility index (Phi) is 5.37. The quantitative estimate of drug-likeness (QED) is 0.579. The van der Waals surface area contributed by atoms with Gasteiger partial charge in [0.05, 0.1) is 17.1 Å². The molecule has 6 nitrogen and oxygen atoms in total. The Hall–Kier alpha value is -2.37. The number of anilines is 1. The van der Waals surface area contributed by atoms with Gasteiger partial charge in [0.1, 0.15) is 11.3 Å². The lowest BCUT2D eigenvalue weighted by Crippen LogP contribution is -2.18. The molecule has 1 atom stereocenters. The van der Waals surface area contributed by atoms with E-state index in [0.717, 1.165) is 23.5 Å². The van der Waals surface area contributed by atoms with E-state index in [1.165, 1.54) is 23.7 Å². The van der Waals surface area contributed by atoms with Crippen LogP contribution in [0, 0.1) is 0 Å². The molecular formula is C18H13ClF3N3O3S2. The average molecular weight is 476 g/mol. The number of rotatable bonds is 4. The topological polar surface area (TPSA) is 81.2 Å². The zero-order valence-corrected chi connectivity index (χ0v) is 17.4. The highest BCUT2D eigenvalue weighted by atomic mass is 35.5. The van der Waals surface area contributed by atoms with E-state index in [0.29, 0.717) is 23.3 Å². The number of hydrogen-bond donors (Lipinski definition) is 1. The van der Waals surface area contributed by atoms with Gasteiger partial charge in [0.15, 0.2) is 0 Å². The van der Waals surface area contributed by atoms with Crippen LogP contribution >= 0.6 is 22.9 Å². The summed E-state index contributed by atoms with van der Waals surface area (Å²) in [5, 5.41) is 7.36. The van der Waals surface area contributed by atoms with Gasteiger partial charge in [-0.05, 0) is 30.2 Å². The minimum absolute atomic E-state index is 0.00249. The first-order valence-electron chi connectivity index (χ1n) is 8.57. The van der Waals surface area contributed by atoms with Crippen LogP contribution in [0.25, 0.3) is 0 Å². The second-order valence-electron chi connectivity index (χ2n) is 6.47. The molecule has 4 rings (SSSR count). The second-order valence-corrected chi connectivity index (χ2v) is 9.40. The van der Waals surface area contributed by atoms with E-state index in [2.05, 4.69) is 14.9 Å². The molecule has 1 aliphatic heterocycles. The van der Waals surface area contributed by atoms with E-state index in [1.54, 1.807) is 6.07 Å². The summed E-state index contributed by atoms with van der Waals surface area (Å²) in [5.41, 5.74) is 1.74. The number of halogens is 4. The van der Waals surface area contributed by atoms with Gasteiger partial charge in [-0.3, -0.25) is 4.72 Å². The van der Waals surface area contributed by atoms with Crippen LogP contribution in [0.1, 0.15) is 29.0 Å². The molecule has 158 valence electrons. The molecule has 3 aromatic rings. The van der Waals surface area contributed by atoms with Gasteiger partial charge in [-0.2, -0.15) is 13.2 Å². The van der Waals surface area contributed by atoms with Gasteiger partial charge in [0, 0.05) is 22.6 Å². The Morgan fingerprint density at radius 1 is 1.17 bits per heavy atom. The molecule has 1 N–H and O–H groups in total. The number of hydrogen-bond acceptors (Lipinski definition) is 6. The van der Waals surface area contributed by atoms with Crippen molar-refractivity contribution < 1.29 is 26.3 Å². The summed E-state index contributed by atoms with van der Waals surface area (Å²) in [6.07, 6.45) is -3.99. The Morgan fingerprint density at radius 3 is 2.60 bits per heavy atom. The molecule has 1 unspecified atom stereocenters. The van der Waals surface area contributed by atoms with E-state index in [9.17, 15) is 21.6 Å². The molecule has 12 heteroatoms. The first-order valence-corrected chi connectivity index (χ1v) is 11.3. The number of ether oxygens (including phenoxy) is 1. The maximum absolute atomic E-state index is 12.9. The van der Waals surface area contributed by atoms with E-state index >= 15 is 0 Å². The van der Waals surface area contributed by atoms with E-state index < -0.39 is 21.8 Å². The third kappa shape index (κ3) is 4.09. The fourth-order valence-electron chi connectivity index (χ4n) is 3.24. The Balaban J connectivity index is 1.67. The molecule has 0 saturated heterocycles. The van der Waals surface area contributed by atoms with Crippen molar-refractivity contribution in [3.8, 4) is 5.75 Å². The standard InChI is InChI=1S/C18H13ClF3N3O3S2/c19-15-7-10(18(20,21)22)1-3-13(15)12-5-6-28-16-8-11(2-4-14(12)16)30(26,27)25-17-24-23-9-29-17/h1-4,7-9,12H,5-6H2,(H,24,25). The molecule has 30 heavy (non-hydrogen) atoms. The zero-order chi connectivity index (χ0) is 21.5. The summed E-state index contributed by atoms with van der Waals surface area (Å²) in [7, 11) is -3.90. The Labute approximate surface area is 178 Å². The van der Waals surface area contributed by atoms with Gasteiger partial charge in [-0.15, -0.1) is 10.2 Å². The molecule has 1 aliphatic rings. The Bertz CT molecular complexity index is 1190. The summed E-state index contributed by atoms with van der Waals surface area (Å²) in [4.78, 5) is -0.0318. The highest BCUT2D eigenvalue weighted by molar-refractivity contribution is 7.93. The molecule has 0 spiro atoms. The molecule has 0 saturated carbocycles. The second kappa shape index (κ2) is 7.71. The van der Waals surface area contributed by atoms with Crippen molar-refractivity contribution in [3.05, 3.63) is 63.6 Å². The van der Waals surface area contributed by atoms with Gasteiger partial charge in [-0.1, -0.05) is 35.1 Å². The van der Waals surface area contributed by atoms with Gasteiger partial charge in [-0.25, -0.2) is 8.42 Å². The third-order valence-corrected chi connectivity index (χ3v) is 7.02. The monoisotopic (exact) mass is 475 g/mol. The predicted molar refractivity (Wildman–Crippen MR) is 106 cm³/mol. The predicted octanol–water partition coefficient (Wildman–Crippen LogP) is 4.93. The van der Waals surface area contributed by atoms with Crippen molar-refractivity contribution in [3.63, 3.8) is 0 Å². The lowest BCUT2D eigenvalue weighted by molar-refractivity contribution is -0.137. The van der Waals surface area contributed by atoms with E-state index in [4.69, 9.17) is 16.3 Å². The number of aromatic nitrogens is 2. The van der Waals surface area contributed by atoms with Crippen LogP contribution in [0.4, 0.5) is 18.3 Å². The lowest BCUT2D eigenvalue weighted by atomic mass is 9.86. The molecule has 2 aromatic carbocycles. The minimum Gasteiger partial charge on any atom is -0.493 e. The highest BCUT2D eigenvalue weighted by Crippen LogP contribution is 2.43. The smallest absolute Gasteiger partial charge is 0.416 e. The van der Waals surface area contributed by atoms with Crippen molar-refractivity contribution in [1.82, 2.24) is 10.2 Å². The van der Waals surface area contributed by atoms with E-state index in [1.807, 2.05) is 0 Å². The van der Waals surface area contributed by atoms with Crippen LogP contribution in [0.3, 0.4) is 0 Å². The lowest BCUT2D eigenvalue weighted by Gasteiger charge is -2.27. The molecule has 0 fully saturated rings. The van der Waals surface area contributed by atoms with E-state index in [-0.39, 0.29) is 27.6 Å². The first kappa shape index (κ1) is 20.9. The van der Waals surface area contributed by atoms with Crippen LogP contribution in [-0.2, 0) is 16.2 Å². The zero-order valence-electron chi connectivity index (χ0n) is 15.0. The Morgan fingerprint density at radius 2 is 1.93 bits per heavy atom. The molecular weight excluding hydrogens is 463 g/mol. The summed E-state index contributed by atoms with van der Waals surface area (Å²) in [5.74, 6) is 0.0127. The number of alkyl halides is 3.